The predicted octanol–water partition coefficient (Wildman–Crippen LogP) is 5.61. The van der Waals surface area contributed by atoms with Crippen molar-refractivity contribution in [2.24, 2.45) is 0 Å². The number of benzene rings is 1. The van der Waals surface area contributed by atoms with Crippen LogP contribution in [-0.2, 0) is 13.9 Å². The van der Waals surface area contributed by atoms with Gasteiger partial charge in [0.15, 0.2) is 8.32 Å². The second-order valence-corrected chi connectivity index (χ2v) is 25.2. The molecule has 1 rings (SSSR count). The molecule has 0 aromatic heterocycles. The minimum atomic E-state index is -2.64. The van der Waals surface area contributed by atoms with Gasteiger partial charge in [-0.2, -0.15) is 11.7 Å². The smallest absolute Gasteiger partial charge is 0.196 e. The molecule has 0 amide bonds. The van der Waals surface area contributed by atoms with Crippen molar-refractivity contribution < 1.29 is 34.3 Å². The third-order valence-corrected chi connectivity index (χ3v) is 24.2. The molecular formula is C33H64O7Si2-. The van der Waals surface area contributed by atoms with E-state index in [4.69, 9.17) is 13.9 Å². The molecule has 4 N–H and O–H groups in total. The molecule has 3 atom stereocenters. The molecule has 7 nitrogen and oxygen atoms in total. The van der Waals surface area contributed by atoms with Crippen LogP contribution in [0.25, 0.3) is 0 Å². The lowest BCUT2D eigenvalue weighted by Crippen LogP contribution is -2.67. The van der Waals surface area contributed by atoms with Crippen LogP contribution >= 0.6 is 0 Å². The standard InChI is InChI=1S/C33H64O7Si2/c1-30(2,3)40-42(21-15-19-38-25-27(36)23-34,22-16-20-39-26-28(37)24-35)33(9,10)32(7,8)41(11,31(4,5)6)29-17-13-12-14-18-29/h12-14,17-18,27-28,34-37H,15-16,19-26H2,1-11H3/q-1. The van der Waals surface area contributed by atoms with Gasteiger partial charge < -0.3 is 34.3 Å². The first-order chi connectivity index (χ1) is 19.2. The van der Waals surface area contributed by atoms with Gasteiger partial charge in [-0.3, -0.25) is 0 Å². The van der Waals surface area contributed by atoms with Crippen LogP contribution in [0.15, 0.2) is 30.3 Å². The van der Waals surface area contributed by atoms with Gasteiger partial charge in [0.25, 0.3) is 0 Å². The molecule has 3 unspecified atom stereocenters. The van der Waals surface area contributed by atoms with Gasteiger partial charge in [0.05, 0.1) is 26.4 Å². The Labute approximate surface area is 259 Å². The van der Waals surface area contributed by atoms with Crippen molar-refractivity contribution >= 4 is 21.6 Å². The van der Waals surface area contributed by atoms with E-state index in [1.54, 1.807) is 0 Å². The summed E-state index contributed by atoms with van der Waals surface area (Å²) < 4.78 is 18.9. The molecule has 0 saturated carbocycles. The Balaban J connectivity index is 3.64. The van der Waals surface area contributed by atoms with Crippen LogP contribution < -0.4 is 5.19 Å². The lowest BCUT2D eigenvalue weighted by Gasteiger charge is -2.71. The summed E-state index contributed by atoms with van der Waals surface area (Å²) in [5.74, 6) is 0. The fourth-order valence-electron chi connectivity index (χ4n) is 6.73. The maximum absolute atomic E-state index is 9.77. The van der Waals surface area contributed by atoms with E-state index in [0.29, 0.717) is 13.2 Å². The molecule has 1 aromatic carbocycles. The van der Waals surface area contributed by atoms with Crippen molar-refractivity contribution in [1.82, 2.24) is 0 Å². The fourth-order valence-corrected chi connectivity index (χ4v) is 19.4. The highest BCUT2D eigenvalue weighted by Crippen LogP contribution is 2.68. The van der Waals surface area contributed by atoms with Gasteiger partial charge in [-0.05, 0) is 50.7 Å². The van der Waals surface area contributed by atoms with Crippen LogP contribution in [0, 0.1) is 0 Å². The first kappa shape index (κ1) is 39.4. The first-order valence-corrected chi connectivity index (χ1v) is 20.5. The third-order valence-electron chi connectivity index (χ3n) is 10.1. The highest BCUT2D eigenvalue weighted by atomic mass is 28.4. The van der Waals surface area contributed by atoms with Crippen molar-refractivity contribution in [2.45, 2.75) is 134 Å². The fraction of sp³-hybridized carbons (Fsp3) is 0.818. The second-order valence-electron chi connectivity index (χ2n) is 15.2. The number of hydrogen-bond acceptors (Lipinski definition) is 7. The van der Waals surface area contributed by atoms with Crippen molar-refractivity contribution in [3.8, 4) is 0 Å². The van der Waals surface area contributed by atoms with Gasteiger partial charge in [0.2, 0.25) is 0 Å². The Morgan fingerprint density at radius 2 is 1.17 bits per heavy atom. The summed E-state index contributed by atoms with van der Waals surface area (Å²) in [6.45, 7) is 26.6. The summed E-state index contributed by atoms with van der Waals surface area (Å²) in [5.41, 5.74) is -0.353. The molecule has 0 spiro atoms. The van der Waals surface area contributed by atoms with Crippen molar-refractivity contribution in [1.29, 1.82) is 0 Å². The number of hydrogen-bond donors (Lipinski definition) is 4. The molecule has 0 aliphatic heterocycles. The topological polar surface area (TPSA) is 109 Å². The quantitative estimate of drug-likeness (QED) is 0.116. The van der Waals surface area contributed by atoms with Gasteiger partial charge in [-0.15, -0.1) is 18.2 Å². The van der Waals surface area contributed by atoms with E-state index in [9.17, 15) is 20.4 Å². The minimum Gasteiger partial charge on any atom is -0.412 e. The molecule has 9 heteroatoms. The maximum Gasteiger partial charge on any atom is 0.196 e. The second kappa shape index (κ2) is 16.1. The van der Waals surface area contributed by atoms with Crippen LogP contribution in [-0.4, -0.2) is 94.3 Å². The first-order valence-electron chi connectivity index (χ1n) is 15.7. The maximum atomic E-state index is 9.77. The Bertz CT molecular complexity index is 876. The average molecular weight is 629 g/mol. The molecule has 0 fully saturated rings. The monoisotopic (exact) mass is 628 g/mol. The van der Waals surface area contributed by atoms with E-state index in [2.05, 4.69) is 106 Å². The Kier molecular flexibility index (Phi) is 15.1. The van der Waals surface area contributed by atoms with E-state index in [1.807, 2.05) is 0 Å². The van der Waals surface area contributed by atoms with E-state index >= 15 is 0 Å². The lowest BCUT2D eigenvalue weighted by molar-refractivity contribution is 0.00501. The molecule has 1 aromatic rings. The van der Waals surface area contributed by atoms with E-state index in [1.165, 1.54) is 5.19 Å². The molecule has 0 bridgehead atoms. The predicted molar refractivity (Wildman–Crippen MR) is 179 cm³/mol. The molecule has 0 radical (unpaired) electrons. The molecule has 0 aliphatic carbocycles. The van der Waals surface area contributed by atoms with Gasteiger partial charge in [0.1, 0.15) is 12.2 Å². The zero-order chi connectivity index (χ0) is 32.5. The Hall–Kier alpha value is -0.626. The average Bonchev–Trinajstić information content (AvgIpc) is 2.90. The normalized spacial score (nSPS) is 17.9. The Morgan fingerprint density at radius 1 is 0.738 bits per heavy atom. The molecule has 42 heavy (non-hydrogen) atoms. The number of rotatable bonds is 19. The van der Waals surface area contributed by atoms with Crippen LogP contribution in [0.5, 0.6) is 0 Å². The molecule has 0 saturated heterocycles. The minimum absolute atomic E-state index is 0.0735. The zero-order valence-corrected chi connectivity index (χ0v) is 30.6. The summed E-state index contributed by atoms with van der Waals surface area (Å²) in [7, 11) is -4.89. The summed E-state index contributed by atoms with van der Waals surface area (Å²) in [4.78, 5) is 0. The largest absolute Gasteiger partial charge is 0.412 e. The van der Waals surface area contributed by atoms with Gasteiger partial charge in [0, 0.05) is 18.8 Å². The van der Waals surface area contributed by atoms with Gasteiger partial charge in [-0.1, -0.05) is 78.8 Å². The van der Waals surface area contributed by atoms with Gasteiger partial charge >= 0.3 is 0 Å². The highest BCUT2D eigenvalue weighted by Gasteiger charge is 2.59. The number of ether oxygens (including phenoxy) is 2. The number of aliphatic hydroxyl groups is 4. The lowest BCUT2D eigenvalue weighted by atomic mass is 9.97. The van der Waals surface area contributed by atoms with Crippen LogP contribution in [0.1, 0.15) is 82.1 Å². The van der Waals surface area contributed by atoms with Crippen LogP contribution in [0.4, 0.5) is 0 Å². The molecule has 0 aliphatic rings. The summed E-state index contributed by atoms with van der Waals surface area (Å²) in [6, 6.07) is 12.9. The molecular weight excluding hydrogens is 565 g/mol. The van der Waals surface area contributed by atoms with Crippen molar-refractivity contribution in [3.63, 3.8) is 0 Å². The number of aliphatic hydroxyl groups excluding tert-OH is 4. The summed E-state index contributed by atoms with van der Waals surface area (Å²) in [5, 5.41) is 39.2. The third kappa shape index (κ3) is 9.68. The highest BCUT2D eigenvalue weighted by molar-refractivity contribution is 6.97. The van der Waals surface area contributed by atoms with Crippen LogP contribution in [0.2, 0.25) is 33.7 Å². The summed E-state index contributed by atoms with van der Waals surface area (Å²) in [6.07, 6.45) is -0.153. The summed E-state index contributed by atoms with van der Waals surface area (Å²) >= 11 is 0. The zero-order valence-electron chi connectivity index (χ0n) is 28.6. The van der Waals surface area contributed by atoms with E-state index < -0.39 is 28.6 Å². The Morgan fingerprint density at radius 3 is 1.52 bits per heavy atom. The van der Waals surface area contributed by atoms with Crippen molar-refractivity contribution in [3.05, 3.63) is 30.3 Å². The van der Waals surface area contributed by atoms with E-state index in [-0.39, 0.29) is 47.1 Å². The molecule has 247 valence electrons. The van der Waals surface area contributed by atoms with E-state index in [0.717, 1.165) is 24.9 Å². The van der Waals surface area contributed by atoms with Gasteiger partial charge in [-0.25, -0.2) is 0 Å². The molecule has 0 heterocycles. The van der Waals surface area contributed by atoms with Crippen LogP contribution in [0.3, 0.4) is 0 Å². The van der Waals surface area contributed by atoms with Crippen molar-refractivity contribution in [2.75, 3.05) is 39.6 Å². The SMILES string of the molecule is CC(C)(C)O[Si](CCCOCC(O)CO)(CCCOCC(O)CO)C(C)(C)C(C)(C)[Si-](C)(c1ccccc1)C(C)(C)C.